The molecule has 7 nitrogen and oxygen atoms in total. The Labute approximate surface area is 191 Å². The van der Waals surface area contributed by atoms with E-state index in [1.807, 2.05) is 56.3 Å². The fourth-order valence-electron chi connectivity index (χ4n) is 3.40. The molecule has 2 amide bonds. The standard InChI is InChI=1S/C24H33N3O4S/c1-5-20-12-14-22(15-13-20)27(32(4,30)31)18-23(28)26(19(3)24(29)25-6-2)17-16-21-10-8-7-9-11-21/h7-15,19H,5-6,16-18H2,1-4H3,(H,25,29). The highest BCUT2D eigenvalue weighted by atomic mass is 32.2. The Morgan fingerprint density at radius 3 is 2.12 bits per heavy atom. The molecule has 2 rings (SSSR count). The highest BCUT2D eigenvalue weighted by Gasteiger charge is 2.29. The number of sulfonamides is 1. The van der Waals surface area contributed by atoms with Crippen molar-refractivity contribution in [2.75, 3.05) is 30.2 Å². The zero-order valence-corrected chi connectivity index (χ0v) is 20.1. The van der Waals surface area contributed by atoms with Crippen LogP contribution in [0.5, 0.6) is 0 Å². The molecule has 32 heavy (non-hydrogen) atoms. The molecule has 0 saturated heterocycles. The first-order valence-corrected chi connectivity index (χ1v) is 12.7. The van der Waals surface area contributed by atoms with Crippen LogP contribution in [-0.2, 0) is 32.5 Å². The molecule has 0 radical (unpaired) electrons. The minimum Gasteiger partial charge on any atom is -0.355 e. The van der Waals surface area contributed by atoms with Crippen molar-refractivity contribution in [1.82, 2.24) is 10.2 Å². The summed E-state index contributed by atoms with van der Waals surface area (Å²) in [4.78, 5) is 27.2. The number of carbonyl (C=O) groups is 2. The van der Waals surface area contributed by atoms with Gasteiger partial charge in [0.1, 0.15) is 12.6 Å². The maximum absolute atomic E-state index is 13.3. The van der Waals surface area contributed by atoms with E-state index in [0.717, 1.165) is 28.1 Å². The molecular formula is C24H33N3O4S. The molecule has 174 valence electrons. The Hall–Kier alpha value is -2.87. The predicted molar refractivity (Wildman–Crippen MR) is 128 cm³/mol. The Morgan fingerprint density at radius 2 is 1.59 bits per heavy atom. The lowest BCUT2D eigenvalue weighted by atomic mass is 10.1. The SMILES string of the molecule is CCNC(=O)C(C)N(CCc1ccccc1)C(=O)CN(c1ccc(CC)cc1)S(C)(=O)=O. The van der Waals surface area contributed by atoms with Gasteiger partial charge in [0.05, 0.1) is 11.9 Å². The first kappa shape index (κ1) is 25.4. The van der Waals surface area contributed by atoms with Crippen LogP contribution in [0.3, 0.4) is 0 Å². The largest absolute Gasteiger partial charge is 0.355 e. The zero-order valence-electron chi connectivity index (χ0n) is 19.2. The summed E-state index contributed by atoms with van der Waals surface area (Å²) in [5, 5.41) is 2.74. The average molecular weight is 460 g/mol. The zero-order chi connectivity index (χ0) is 23.7. The number of benzene rings is 2. The number of rotatable bonds is 11. The van der Waals surface area contributed by atoms with Gasteiger partial charge in [-0.15, -0.1) is 0 Å². The van der Waals surface area contributed by atoms with Crippen LogP contribution >= 0.6 is 0 Å². The molecule has 8 heteroatoms. The minimum absolute atomic E-state index is 0.271. The quantitative estimate of drug-likeness (QED) is 0.560. The highest BCUT2D eigenvalue weighted by molar-refractivity contribution is 7.92. The van der Waals surface area contributed by atoms with E-state index in [1.165, 1.54) is 4.90 Å². The van der Waals surface area contributed by atoms with Crippen LogP contribution in [-0.4, -0.2) is 57.1 Å². The van der Waals surface area contributed by atoms with Gasteiger partial charge in [-0.25, -0.2) is 8.42 Å². The minimum atomic E-state index is -3.70. The topological polar surface area (TPSA) is 86.8 Å². The Morgan fingerprint density at radius 1 is 0.969 bits per heavy atom. The number of likely N-dealkylation sites (N-methyl/N-ethyl adjacent to an activating group) is 1. The van der Waals surface area contributed by atoms with Gasteiger partial charge < -0.3 is 10.2 Å². The molecule has 0 aromatic heterocycles. The van der Waals surface area contributed by atoms with Gasteiger partial charge in [-0.2, -0.15) is 0 Å². The third kappa shape index (κ3) is 7.09. The smallest absolute Gasteiger partial charge is 0.244 e. The number of aryl methyl sites for hydroxylation is 1. The van der Waals surface area contributed by atoms with Crippen molar-refractivity contribution in [2.24, 2.45) is 0 Å². The molecule has 0 fully saturated rings. The van der Waals surface area contributed by atoms with Crippen LogP contribution in [0.25, 0.3) is 0 Å². The summed E-state index contributed by atoms with van der Waals surface area (Å²) in [7, 11) is -3.70. The fourth-order valence-corrected chi connectivity index (χ4v) is 4.25. The molecule has 0 spiro atoms. The number of amides is 2. The first-order chi connectivity index (χ1) is 15.2. The number of nitrogens with one attached hydrogen (secondary N) is 1. The molecule has 0 heterocycles. The van der Waals surface area contributed by atoms with Crippen molar-refractivity contribution >= 4 is 27.5 Å². The van der Waals surface area contributed by atoms with E-state index in [2.05, 4.69) is 5.32 Å². The van der Waals surface area contributed by atoms with Crippen molar-refractivity contribution in [3.05, 3.63) is 65.7 Å². The molecule has 1 unspecified atom stereocenters. The summed E-state index contributed by atoms with van der Waals surface area (Å²) >= 11 is 0. The van der Waals surface area contributed by atoms with Crippen LogP contribution in [0.1, 0.15) is 31.9 Å². The second-order valence-corrected chi connectivity index (χ2v) is 9.59. The fraction of sp³-hybridized carbons (Fsp3) is 0.417. The van der Waals surface area contributed by atoms with Crippen LogP contribution in [0.15, 0.2) is 54.6 Å². The highest BCUT2D eigenvalue weighted by Crippen LogP contribution is 2.19. The predicted octanol–water partition coefficient (Wildman–Crippen LogP) is 2.61. The van der Waals surface area contributed by atoms with Gasteiger partial charge in [-0.3, -0.25) is 13.9 Å². The van der Waals surface area contributed by atoms with Gasteiger partial charge in [0, 0.05) is 13.1 Å². The molecule has 0 aliphatic heterocycles. The third-order valence-corrected chi connectivity index (χ3v) is 6.45. The number of nitrogens with zero attached hydrogens (tertiary/aromatic N) is 2. The molecule has 1 N–H and O–H groups in total. The number of hydrogen-bond acceptors (Lipinski definition) is 4. The lowest BCUT2D eigenvalue weighted by Gasteiger charge is -2.31. The number of anilines is 1. The molecule has 1 atom stereocenters. The second-order valence-electron chi connectivity index (χ2n) is 7.68. The summed E-state index contributed by atoms with van der Waals surface area (Å²) in [5.41, 5.74) is 2.53. The monoisotopic (exact) mass is 459 g/mol. The van der Waals surface area contributed by atoms with E-state index in [1.54, 1.807) is 19.1 Å². The van der Waals surface area contributed by atoms with E-state index in [-0.39, 0.29) is 12.5 Å². The van der Waals surface area contributed by atoms with Crippen molar-refractivity contribution in [2.45, 2.75) is 39.7 Å². The third-order valence-electron chi connectivity index (χ3n) is 5.31. The lowest BCUT2D eigenvalue weighted by molar-refractivity contribution is -0.138. The Balaban J connectivity index is 2.28. The first-order valence-electron chi connectivity index (χ1n) is 10.8. The van der Waals surface area contributed by atoms with Gasteiger partial charge in [0.25, 0.3) is 0 Å². The van der Waals surface area contributed by atoms with Gasteiger partial charge >= 0.3 is 0 Å². The summed E-state index contributed by atoms with van der Waals surface area (Å²) in [6.07, 6.45) is 2.46. The van der Waals surface area contributed by atoms with Crippen LogP contribution in [0.4, 0.5) is 5.69 Å². The summed E-state index contributed by atoms with van der Waals surface area (Å²) in [6.45, 7) is 5.86. The van der Waals surface area contributed by atoms with Crippen molar-refractivity contribution < 1.29 is 18.0 Å². The molecule has 0 aliphatic rings. The van der Waals surface area contributed by atoms with Crippen molar-refractivity contribution in [3.8, 4) is 0 Å². The van der Waals surface area contributed by atoms with Crippen molar-refractivity contribution in [3.63, 3.8) is 0 Å². The Bertz CT molecular complexity index is 992. The number of hydrogen-bond donors (Lipinski definition) is 1. The molecule has 0 bridgehead atoms. The lowest BCUT2D eigenvalue weighted by Crippen LogP contribution is -2.52. The number of carbonyl (C=O) groups excluding carboxylic acids is 2. The van der Waals surface area contributed by atoms with Crippen LogP contribution in [0, 0.1) is 0 Å². The summed E-state index contributed by atoms with van der Waals surface area (Å²) < 4.78 is 26.1. The van der Waals surface area contributed by atoms with Gasteiger partial charge in [0.2, 0.25) is 21.8 Å². The van der Waals surface area contributed by atoms with Gasteiger partial charge in [-0.1, -0.05) is 49.4 Å². The molecular weight excluding hydrogens is 426 g/mol. The van der Waals surface area contributed by atoms with E-state index < -0.39 is 22.0 Å². The maximum atomic E-state index is 13.3. The van der Waals surface area contributed by atoms with Crippen LogP contribution in [0.2, 0.25) is 0 Å². The second kappa shape index (κ2) is 11.7. The van der Waals surface area contributed by atoms with E-state index in [9.17, 15) is 18.0 Å². The van der Waals surface area contributed by atoms with E-state index >= 15 is 0 Å². The molecule has 2 aromatic carbocycles. The van der Waals surface area contributed by atoms with Gasteiger partial charge in [0.15, 0.2) is 0 Å². The molecule has 0 saturated carbocycles. The summed E-state index contributed by atoms with van der Waals surface area (Å²) in [6, 6.07) is 16.0. The van der Waals surface area contributed by atoms with Crippen LogP contribution < -0.4 is 9.62 Å². The average Bonchev–Trinajstić information content (AvgIpc) is 2.77. The Kier molecular flexibility index (Phi) is 9.26. The van der Waals surface area contributed by atoms with Gasteiger partial charge in [-0.05, 0) is 49.9 Å². The molecule has 0 aliphatic carbocycles. The maximum Gasteiger partial charge on any atom is 0.244 e. The normalized spacial score (nSPS) is 12.1. The van der Waals surface area contributed by atoms with E-state index in [0.29, 0.717) is 25.2 Å². The van der Waals surface area contributed by atoms with Crippen molar-refractivity contribution in [1.29, 1.82) is 0 Å². The van der Waals surface area contributed by atoms with E-state index in [4.69, 9.17) is 0 Å². The molecule has 2 aromatic rings. The summed E-state index contributed by atoms with van der Waals surface area (Å²) in [5.74, 6) is -0.697.